The highest BCUT2D eigenvalue weighted by Crippen LogP contribution is 2.19. The van der Waals surface area contributed by atoms with Gasteiger partial charge in [-0.15, -0.1) is 0 Å². The third-order valence-corrected chi connectivity index (χ3v) is 4.97. The van der Waals surface area contributed by atoms with Gasteiger partial charge < -0.3 is 30.9 Å². The highest BCUT2D eigenvalue weighted by Gasteiger charge is 2.18. The Hall–Kier alpha value is -2.61. The maximum absolute atomic E-state index is 10.3. The summed E-state index contributed by atoms with van der Waals surface area (Å²) < 4.78 is 4.97. The predicted molar refractivity (Wildman–Crippen MR) is 118 cm³/mol. The van der Waals surface area contributed by atoms with Gasteiger partial charge in [0.25, 0.3) is 0 Å². The van der Waals surface area contributed by atoms with Crippen LogP contribution in [-0.4, -0.2) is 55.7 Å². The van der Waals surface area contributed by atoms with Gasteiger partial charge in [0.15, 0.2) is 0 Å². The number of aliphatic hydroxyl groups is 1. The summed E-state index contributed by atoms with van der Waals surface area (Å²) >= 11 is 0. The molecule has 2 aliphatic heterocycles. The second kappa shape index (κ2) is 12.8. The van der Waals surface area contributed by atoms with Crippen molar-refractivity contribution in [1.82, 2.24) is 16.0 Å². The number of β-amino-alcohol motifs (C(OH)–C–C–N with tert-alkyl or cyclic N) is 1. The summed E-state index contributed by atoms with van der Waals surface area (Å²) in [6.45, 7) is 6.30. The molecule has 2 aliphatic rings. The standard InChI is InChI=1S/C11H14N2O2.C8H10O.C4H9NO/c14-11(15)13-5-8-1-3-9(4-2-8)10-6-12-7-10;1-7-3-5-8(9-2)6-4-7;6-4-1-2-5-3-4/h1-4,10,12-13H,5-7H2,(H,14,15);3-6H,1-2H3;4-6H,1-3H2. The van der Waals surface area contributed by atoms with Crippen LogP contribution in [0.4, 0.5) is 4.79 Å². The molecule has 2 aromatic carbocycles. The van der Waals surface area contributed by atoms with Gasteiger partial charge in [0, 0.05) is 32.1 Å². The van der Waals surface area contributed by atoms with E-state index in [0.717, 1.165) is 43.9 Å². The van der Waals surface area contributed by atoms with Gasteiger partial charge in [-0.1, -0.05) is 42.0 Å². The molecule has 0 aromatic heterocycles. The van der Waals surface area contributed by atoms with Crippen LogP contribution in [0.3, 0.4) is 0 Å². The molecular formula is C23H33N3O4. The van der Waals surface area contributed by atoms with Gasteiger partial charge in [0.2, 0.25) is 0 Å². The van der Waals surface area contributed by atoms with Gasteiger partial charge in [-0.2, -0.15) is 0 Å². The number of aliphatic hydroxyl groups excluding tert-OH is 1. The molecule has 0 bridgehead atoms. The number of carboxylic acid groups (broad SMARTS) is 1. The Morgan fingerprint density at radius 1 is 1.07 bits per heavy atom. The normalized spacial score (nSPS) is 17.5. The molecule has 164 valence electrons. The summed E-state index contributed by atoms with van der Waals surface area (Å²) in [6, 6.07) is 16.1. The van der Waals surface area contributed by atoms with E-state index in [1.807, 2.05) is 36.4 Å². The minimum atomic E-state index is -0.984. The Kier molecular flexibility index (Phi) is 10.1. The van der Waals surface area contributed by atoms with Crippen molar-refractivity contribution in [3.63, 3.8) is 0 Å². The first-order chi connectivity index (χ1) is 14.5. The Morgan fingerprint density at radius 2 is 1.73 bits per heavy atom. The number of ether oxygens (including phenoxy) is 1. The molecule has 0 saturated carbocycles. The summed E-state index contributed by atoms with van der Waals surface area (Å²) in [4.78, 5) is 10.3. The van der Waals surface area contributed by atoms with E-state index in [1.165, 1.54) is 11.1 Å². The smallest absolute Gasteiger partial charge is 0.404 e. The number of amides is 1. The van der Waals surface area contributed by atoms with Gasteiger partial charge in [-0.3, -0.25) is 0 Å². The number of carbonyl (C=O) groups is 1. The second-order valence-electron chi connectivity index (χ2n) is 7.42. The molecule has 1 amide bonds. The SMILES string of the molecule is COc1ccc(C)cc1.O=C(O)NCc1ccc(C2CNC2)cc1.OC1CCNC1. The van der Waals surface area contributed by atoms with Crippen molar-refractivity contribution in [1.29, 1.82) is 0 Å². The molecule has 2 aromatic rings. The number of methoxy groups -OCH3 is 1. The Morgan fingerprint density at radius 3 is 2.13 bits per heavy atom. The van der Waals surface area contributed by atoms with Crippen LogP contribution in [0.15, 0.2) is 48.5 Å². The van der Waals surface area contributed by atoms with E-state index in [1.54, 1.807) is 7.11 Å². The van der Waals surface area contributed by atoms with Crippen molar-refractivity contribution < 1.29 is 19.7 Å². The van der Waals surface area contributed by atoms with Crippen LogP contribution in [-0.2, 0) is 6.54 Å². The zero-order valence-electron chi connectivity index (χ0n) is 17.7. The van der Waals surface area contributed by atoms with Crippen molar-refractivity contribution >= 4 is 6.09 Å². The fourth-order valence-corrected chi connectivity index (χ4v) is 2.92. The quantitative estimate of drug-likeness (QED) is 0.526. The van der Waals surface area contributed by atoms with Crippen LogP contribution < -0.4 is 20.7 Å². The van der Waals surface area contributed by atoms with Crippen LogP contribution in [0.5, 0.6) is 5.75 Å². The van der Waals surface area contributed by atoms with Gasteiger partial charge in [0.1, 0.15) is 5.75 Å². The monoisotopic (exact) mass is 415 g/mol. The van der Waals surface area contributed by atoms with Gasteiger partial charge in [0.05, 0.1) is 13.2 Å². The highest BCUT2D eigenvalue weighted by molar-refractivity contribution is 5.64. The second-order valence-corrected chi connectivity index (χ2v) is 7.42. The Labute approximate surface area is 178 Å². The molecule has 4 rings (SSSR count). The predicted octanol–water partition coefficient (Wildman–Crippen LogP) is 2.49. The van der Waals surface area contributed by atoms with Crippen LogP contribution in [0.25, 0.3) is 0 Å². The minimum absolute atomic E-state index is 0.0648. The molecule has 1 unspecified atom stereocenters. The van der Waals surface area contributed by atoms with E-state index in [0.29, 0.717) is 12.5 Å². The lowest BCUT2D eigenvalue weighted by atomic mass is 9.93. The molecule has 2 heterocycles. The van der Waals surface area contributed by atoms with E-state index in [-0.39, 0.29) is 6.10 Å². The summed E-state index contributed by atoms with van der Waals surface area (Å²) in [5.41, 5.74) is 3.58. The Bertz CT molecular complexity index is 740. The van der Waals surface area contributed by atoms with Gasteiger partial charge in [-0.25, -0.2) is 4.79 Å². The minimum Gasteiger partial charge on any atom is -0.497 e. The summed E-state index contributed by atoms with van der Waals surface area (Å²) in [5.74, 6) is 1.55. The average Bonchev–Trinajstić information content (AvgIpc) is 3.19. The molecule has 2 fully saturated rings. The van der Waals surface area contributed by atoms with Gasteiger partial charge >= 0.3 is 6.09 Å². The fourth-order valence-electron chi connectivity index (χ4n) is 2.92. The van der Waals surface area contributed by atoms with Crippen molar-refractivity contribution in [2.45, 2.75) is 31.9 Å². The van der Waals surface area contributed by atoms with E-state index >= 15 is 0 Å². The molecule has 0 radical (unpaired) electrons. The van der Waals surface area contributed by atoms with E-state index < -0.39 is 6.09 Å². The van der Waals surface area contributed by atoms with Crippen LogP contribution >= 0.6 is 0 Å². The number of rotatable bonds is 4. The highest BCUT2D eigenvalue weighted by atomic mass is 16.5. The summed E-state index contributed by atoms with van der Waals surface area (Å²) in [7, 11) is 1.67. The molecule has 5 N–H and O–H groups in total. The molecule has 0 aliphatic carbocycles. The lowest BCUT2D eigenvalue weighted by Crippen LogP contribution is -2.39. The van der Waals surface area contributed by atoms with E-state index in [2.05, 4.69) is 35.0 Å². The topological polar surface area (TPSA) is 103 Å². The summed E-state index contributed by atoms with van der Waals surface area (Å²) in [5, 5.41) is 25.7. The number of aryl methyl sites for hydroxylation is 1. The largest absolute Gasteiger partial charge is 0.497 e. The zero-order chi connectivity index (χ0) is 21.8. The molecule has 7 heteroatoms. The zero-order valence-corrected chi connectivity index (χ0v) is 17.7. The summed E-state index contributed by atoms with van der Waals surface area (Å²) in [6.07, 6.45) is -0.118. The maximum atomic E-state index is 10.3. The number of benzene rings is 2. The number of hydrogen-bond donors (Lipinski definition) is 5. The van der Waals surface area contributed by atoms with Crippen LogP contribution in [0.2, 0.25) is 0 Å². The maximum Gasteiger partial charge on any atom is 0.404 e. The molecule has 7 nitrogen and oxygen atoms in total. The molecule has 30 heavy (non-hydrogen) atoms. The van der Waals surface area contributed by atoms with Crippen LogP contribution in [0.1, 0.15) is 29.0 Å². The van der Waals surface area contributed by atoms with E-state index in [4.69, 9.17) is 14.9 Å². The molecular weight excluding hydrogens is 382 g/mol. The number of hydrogen-bond acceptors (Lipinski definition) is 5. The fraction of sp³-hybridized carbons (Fsp3) is 0.435. The van der Waals surface area contributed by atoms with Crippen molar-refractivity contribution in [2.75, 3.05) is 33.3 Å². The third-order valence-electron chi connectivity index (χ3n) is 4.97. The number of nitrogens with one attached hydrogen (secondary N) is 3. The average molecular weight is 416 g/mol. The van der Waals surface area contributed by atoms with Crippen LogP contribution in [0, 0.1) is 6.92 Å². The van der Waals surface area contributed by atoms with E-state index in [9.17, 15) is 4.79 Å². The molecule has 1 atom stereocenters. The first-order valence-electron chi connectivity index (χ1n) is 10.2. The lowest BCUT2D eigenvalue weighted by molar-refractivity contribution is 0.194. The van der Waals surface area contributed by atoms with Gasteiger partial charge in [-0.05, 0) is 43.1 Å². The Balaban J connectivity index is 0.000000180. The third kappa shape index (κ3) is 8.82. The van der Waals surface area contributed by atoms with Crippen molar-refractivity contribution in [3.8, 4) is 5.75 Å². The first kappa shape index (κ1) is 23.7. The molecule has 2 saturated heterocycles. The molecule has 0 spiro atoms. The first-order valence-corrected chi connectivity index (χ1v) is 10.2. The lowest BCUT2D eigenvalue weighted by Gasteiger charge is -2.27. The van der Waals surface area contributed by atoms with Crippen molar-refractivity contribution in [3.05, 3.63) is 65.2 Å². The van der Waals surface area contributed by atoms with Crippen molar-refractivity contribution in [2.24, 2.45) is 0 Å².